The number of nitrogens with one attached hydrogen (secondary N) is 3. The molecule has 0 aliphatic heterocycles. The summed E-state index contributed by atoms with van der Waals surface area (Å²) in [5.74, 6) is -0.731. The molecule has 3 N–H and O–H groups in total. The Balaban J connectivity index is 1.75. The second-order valence-electron chi connectivity index (χ2n) is 7.19. The monoisotopic (exact) mass is 422 g/mol. The average Bonchev–Trinajstić information content (AvgIpc) is 3.27. The van der Waals surface area contributed by atoms with Gasteiger partial charge in [-0.05, 0) is 49.1 Å². The van der Waals surface area contributed by atoms with Crippen molar-refractivity contribution < 1.29 is 14.3 Å². The summed E-state index contributed by atoms with van der Waals surface area (Å²) < 4.78 is 5.04. The number of carbonyl (C=O) groups is 2. The molecule has 0 saturated carbocycles. The lowest BCUT2D eigenvalue weighted by molar-refractivity contribution is -0.145. The van der Waals surface area contributed by atoms with Gasteiger partial charge in [0, 0.05) is 0 Å². The quantitative estimate of drug-likeness (QED) is 0.452. The molecule has 0 saturated heterocycles. The van der Waals surface area contributed by atoms with Crippen molar-refractivity contribution in [3.8, 4) is 11.1 Å². The minimum atomic E-state index is -0.706. The second kappa shape index (κ2) is 10.4. The van der Waals surface area contributed by atoms with Crippen LogP contribution in [0.2, 0.25) is 0 Å². The van der Waals surface area contributed by atoms with Crippen LogP contribution in [0.15, 0.2) is 48.5 Å². The van der Waals surface area contributed by atoms with Crippen LogP contribution in [-0.4, -0.2) is 51.2 Å². The van der Waals surface area contributed by atoms with Gasteiger partial charge in [-0.2, -0.15) is 5.21 Å². The molecule has 0 aliphatic carbocycles. The summed E-state index contributed by atoms with van der Waals surface area (Å²) in [4.78, 5) is 24.9. The Labute approximate surface area is 180 Å². The molecule has 9 nitrogen and oxygen atoms in total. The fraction of sp³-hybridized carbons (Fsp3) is 0.318. The zero-order chi connectivity index (χ0) is 22.2. The summed E-state index contributed by atoms with van der Waals surface area (Å²) >= 11 is 0. The van der Waals surface area contributed by atoms with Gasteiger partial charge in [0.1, 0.15) is 6.04 Å². The first kappa shape index (κ1) is 22.1. The van der Waals surface area contributed by atoms with E-state index in [1.165, 1.54) is 5.56 Å². The van der Waals surface area contributed by atoms with E-state index < -0.39 is 18.1 Å². The van der Waals surface area contributed by atoms with Crippen LogP contribution in [0.1, 0.15) is 25.0 Å². The van der Waals surface area contributed by atoms with Crippen molar-refractivity contribution in [2.45, 2.75) is 39.3 Å². The Morgan fingerprint density at radius 1 is 1.13 bits per heavy atom. The summed E-state index contributed by atoms with van der Waals surface area (Å²) in [5, 5.41) is 18.8. The first-order valence-electron chi connectivity index (χ1n) is 10.1. The highest BCUT2D eigenvalue weighted by Gasteiger charge is 2.25. The van der Waals surface area contributed by atoms with Gasteiger partial charge in [0.05, 0.1) is 12.6 Å². The Bertz CT molecular complexity index is 1000. The topological polar surface area (TPSA) is 122 Å². The maximum Gasteiger partial charge on any atom is 0.322 e. The van der Waals surface area contributed by atoms with Gasteiger partial charge in [0.15, 0.2) is 0 Å². The van der Waals surface area contributed by atoms with Crippen molar-refractivity contribution in [1.29, 1.82) is 0 Å². The predicted octanol–water partition coefficient (Wildman–Crippen LogP) is 2.27. The van der Waals surface area contributed by atoms with Gasteiger partial charge in [-0.3, -0.25) is 20.2 Å². The van der Waals surface area contributed by atoms with Crippen molar-refractivity contribution in [3.05, 3.63) is 59.7 Å². The number of H-pyrrole nitrogens is 1. The van der Waals surface area contributed by atoms with Crippen LogP contribution in [0.4, 0.5) is 5.95 Å². The number of benzene rings is 2. The number of tetrazole rings is 1. The number of esters is 1. The van der Waals surface area contributed by atoms with E-state index in [-0.39, 0.29) is 18.5 Å². The highest BCUT2D eigenvalue weighted by molar-refractivity contribution is 5.94. The van der Waals surface area contributed by atoms with Crippen molar-refractivity contribution in [3.63, 3.8) is 0 Å². The Kier molecular flexibility index (Phi) is 7.45. The van der Waals surface area contributed by atoms with Gasteiger partial charge in [0.25, 0.3) is 5.95 Å². The van der Waals surface area contributed by atoms with Crippen LogP contribution < -0.4 is 10.6 Å². The molecule has 1 heterocycles. The van der Waals surface area contributed by atoms with E-state index in [2.05, 4.69) is 56.4 Å². The van der Waals surface area contributed by atoms with Crippen LogP contribution in [-0.2, 0) is 20.7 Å². The fourth-order valence-corrected chi connectivity index (χ4v) is 3.17. The van der Waals surface area contributed by atoms with Gasteiger partial charge in [-0.15, -0.1) is 5.10 Å². The van der Waals surface area contributed by atoms with E-state index >= 15 is 0 Å². The molecule has 9 heteroatoms. The lowest BCUT2D eigenvalue weighted by Gasteiger charge is -2.21. The number of ether oxygens (including phenoxy) is 1. The van der Waals surface area contributed by atoms with Crippen molar-refractivity contribution in [1.82, 2.24) is 25.9 Å². The molecule has 3 aromatic rings. The molecular weight excluding hydrogens is 396 g/mol. The number of carbonyl (C=O) groups excluding carboxylic acids is 2. The lowest BCUT2D eigenvalue weighted by Crippen LogP contribution is -2.49. The van der Waals surface area contributed by atoms with E-state index in [0.29, 0.717) is 6.42 Å². The summed E-state index contributed by atoms with van der Waals surface area (Å²) in [6, 6.07) is 14.9. The van der Waals surface area contributed by atoms with Crippen LogP contribution in [0.3, 0.4) is 0 Å². The van der Waals surface area contributed by atoms with Crippen LogP contribution in [0.5, 0.6) is 0 Å². The maximum atomic E-state index is 12.8. The highest BCUT2D eigenvalue weighted by atomic mass is 16.5. The van der Waals surface area contributed by atoms with Gasteiger partial charge in [-0.1, -0.05) is 59.2 Å². The van der Waals surface area contributed by atoms with E-state index in [9.17, 15) is 9.59 Å². The Hall–Kier alpha value is -3.59. The molecule has 2 unspecified atom stereocenters. The van der Waals surface area contributed by atoms with Crippen molar-refractivity contribution in [2.24, 2.45) is 0 Å². The number of rotatable bonds is 9. The third-order valence-electron chi connectivity index (χ3n) is 4.73. The number of aromatic amines is 1. The summed E-state index contributed by atoms with van der Waals surface area (Å²) in [6.07, 6.45) is 0.363. The highest BCUT2D eigenvalue weighted by Crippen LogP contribution is 2.21. The first-order valence-corrected chi connectivity index (χ1v) is 10.1. The van der Waals surface area contributed by atoms with Crippen molar-refractivity contribution in [2.75, 3.05) is 11.9 Å². The summed E-state index contributed by atoms with van der Waals surface area (Å²) in [6.45, 7) is 5.72. The van der Waals surface area contributed by atoms with Crippen molar-refractivity contribution >= 4 is 17.8 Å². The molecule has 2 aromatic carbocycles. The van der Waals surface area contributed by atoms with Gasteiger partial charge < -0.3 is 4.74 Å². The van der Waals surface area contributed by atoms with E-state index in [1.54, 1.807) is 13.8 Å². The first-order chi connectivity index (χ1) is 15.0. The van der Waals surface area contributed by atoms with Gasteiger partial charge >= 0.3 is 5.97 Å². The molecule has 162 valence electrons. The van der Waals surface area contributed by atoms with Crippen LogP contribution in [0, 0.1) is 6.92 Å². The molecule has 1 amide bonds. The Morgan fingerprint density at radius 3 is 2.55 bits per heavy atom. The zero-order valence-corrected chi connectivity index (χ0v) is 17.8. The smallest absolute Gasteiger partial charge is 0.322 e. The molecule has 0 radical (unpaired) electrons. The number of aromatic nitrogens is 4. The minimum absolute atomic E-state index is 0.0652. The molecule has 0 bridgehead atoms. The molecule has 3 rings (SSSR count). The number of amides is 1. The van der Waals surface area contributed by atoms with Crippen LogP contribution >= 0.6 is 0 Å². The molecule has 0 aliphatic rings. The standard InChI is InChI=1S/C22H26N6O3/c1-4-31-21(30)15(3)23-19(20(29)24-22-25-27-28-26-22)13-16-8-10-17(11-9-16)18-7-5-6-14(2)12-18/h5-12,15,19,23H,4,13H2,1-3H3,(H2,24,25,26,27,28,29). The van der Waals surface area contributed by atoms with Gasteiger partial charge in [0.2, 0.25) is 5.91 Å². The molecule has 0 fully saturated rings. The lowest BCUT2D eigenvalue weighted by atomic mass is 9.99. The summed E-state index contributed by atoms with van der Waals surface area (Å²) in [5.41, 5.74) is 4.35. The van der Waals surface area contributed by atoms with E-state index in [0.717, 1.165) is 16.7 Å². The predicted molar refractivity (Wildman–Crippen MR) is 116 cm³/mol. The molecular formula is C22H26N6O3. The molecule has 1 aromatic heterocycles. The van der Waals surface area contributed by atoms with Crippen LogP contribution in [0.25, 0.3) is 11.1 Å². The zero-order valence-electron chi connectivity index (χ0n) is 17.8. The molecule has 0 spiro atoms. The number of hydrogen-bond acceptors (Lipinski definition) is 7. The number of aryl methyl sites for hydroxylation is 1. The normalized spacial score (nSPS) is 12.7. The number of hydrogen-bond donors (Lipinski definition) is 3. The SMILES string of the molecule is CCOC(=O)C(C)NC(Cc1ccc(-c2cccc(C)c2)cc1)C(=O)Nc1nn[nH]n1. The van der Waals surface area contributed by atoms with E-state index in [4.69, 9.17) is 4.74 Å². The third kappa shape index (κ3) is 6.19. The second-order valence-corrected chi connectivity index (χ2v) is 7.19. The third-order valence-corrected chi connectivity index (χ3v) is 4.73. The fourth-order valence-electron chi connectivity index (χ4n) is 3.17. The Morgan fingerprint density at radius 2 is 1.90 bits per heavy atom. The van der Waals surface area contributed by atoms with E-state index in [1.807, 2.05) is 30.3 Å². The van der Waals surface area contributed by atoms with Gasteiger partial charge in [-0.25, -0.2) is 0 Å². The molecule has 31 heavy (non-hydrogen) atoms. The summed E-state index contributed by atoms with van der Waals surface area (Å²) in [7, 11) is 0. The molecule has 2 atom stereocenters. The maximum absolute atomic E-state index is 12.8. The average molecular weight is 422 g/mol. The minimum Gasteiger partial charge on any atom is -0.465 e. The number of nitrogens with zero attached hydrogens (tertiary/aromatic N) is 3. The largest absolute Gasteiger partial charge is 0.465 e. The number of anilines is 1.